The Balaban J connectivity index is 1.68. The summed E-state index contributed by atoms with van der Waals surface area (Å²) in [5.41, 5.74) is 0.439. The molecule has 0 radical (unpaired) electrons. The highest BCUT2D eigenvalue weighted by Crippen LogP contribution is 2.40. The molecule has 0 unspecified atom stereocenters. The second-order valence-corrected chi connectivity index (χ2v) is 6.67. The highest BCUT2D eigenvalue weighted by atomic mass is 16.5. The van der Waals surface area contributed by atoms with E-state index in [-0.39, 0.29) is 28.9 Å². The summed E-state index contributed by atoms with van der Waals surface area (Å²) in [5, 5.41) is 2.94. The third-order valence-electron chi connectivity index (χ3n) is 5.26. The maximum Gasteiger partial charge on any atom is 0.320 e. The van der Waals surface area contributed by atoms with Gasteiger partial charge in [-0.25, -0.2) is 0 Å². The molecule has 8 heteroatoms. The zero-order valence-corrected chi connectivity index (χ0v) is 14.7. The molecule has 1 N–H and O–H groups in total. The van der Waals surface area contributed by atoms with Crippen molar-refractivity contribution < 1.29 is 19.1 Å². The Hall–Kier alpha value is -2.38. The molecule has 25 heavy (non-hydrogen) atoms. The molecular weight excluding hydrogens is 324 g/mol. The predicted molar refractivity (Wildman–Crippen MR) is 89.6 cm³/mol. The van der Waals surface area contributed by atoms with E-state index in [1.54, 1.807) is 0 Å². The summed E-state index contributed by atoms with van der Waals surface area (Å²) in [5.74, 6) is 0.296. The van der Waals surface area contributed by atoms with Gasteiger partial charge >= 0.3 is 6.01 Å². The lowest BCUT2D eigenvalue weighted by Gasteiger charge is -2.41. The number of aromatic nitrogens is 2. The summed E-state index contributed by atoms with van der Waals surface area (Å²) >= 11 is 0. The van der Waals surface area contributed by atoms with E-state index in [0.717, 1.165) is 32.2 Å². The number of nitrogens with one attached hydrogen (secondary N) is 1. The number of amides is 2. The Morgan fingerprint density at radius 3 is 2.60 bits per heavy atom. The highest BCUT2D eigenvalue weighted by Gasteiger charge is 2.37. The second kappa shape index (κ2) is 7.25. The van der Waals surface area contributed by atoms with Crippen molar-refractivity contribution in [3.63, 3.8) is 0 Å². The molecule has 2 saturated heterocycles. The number of methoxy groups -OCH3 is 2. The first-order chi connectivity index (χ1) is 12.0. The first kappa shape index (κ1) is 17.4. The van der Waals surface area contributed by atoms with Crippen LogP contribution >= 0.6 is 0 Å². The summed E-state index contributed by atoms with van der Waals surface area (Å²) in [7, 11) is 2.94. The Bertz CT molecular complexity index is 634. The fourth-order valence-corrected chi connectivity index (χ4v) is 3.61. The molecule has 0 atom stereocenters. The molecule has 0 bridgehead atoms. The van der Waals surface area contributed by atoms with Crippen molar-refractivity contribution in [2.45, 2.75) is 32.1 Å². The maximum absolute atomic E-state index is 12.8. The van der Waals surface area contributed by atoms with Crippen molar-refractivity contribution in [3.8, 4) is 11.9 Å². The summed E-state index contributed by atoms with van der Waals surface area (Å²) in [6, 6.07) is 1.65. The monoisotopic (exact) mass is 348 g/mol. The normalized spacial score (nSPS) is 19.9. The summed E-state index contributed by atoms with van der Waals surface area (Å²) < 4.78 is 10.1. The molecule has 8 nitrogen and oxygen atoms in total. The van der Waals surface area contributed by atoms with Gasteiger partial charge in [0.2, 0.25) is 11.8 Å². The van der Waals surface area contributed by atoms with Crippen molar-refractivity contribution in [2.75, 3.05) is 33.9 Å². The Labute approximate surface area is 146 Å². The van der Waals surface area contributed by atoms with Crippen molar-refractivity contribution >= 4 is 11.8 Å². The Kier molecular flexibility index (Phi) is 5.06. The second-order valence-electron chi connectivity index (χ2n) is 6.67. The molecule has 2 fully saturated rings. The minimum atomic E-state index is -0.142. The predicted octanol–water partition coefficient (Wildman–Crippen LogP) is 1.02. The minimum Gasteiger partial charge on any atom is -0.481 e. The van der Waals surface area contributed by atoms with Gasteiger partial charge in [-0.3, -0.25) is 9.59 Å². The molecule has 3 rings (SSSR count). The number of carbonyl (C=O) groups is 2. The van der Waals surface area contributed by atoms with Crippen molar-refractivity contribution in [2.24, 2.45) is 5.41 Å². The molecule has 2 aliphatic rings. The van der Waals surface area contributed by atoms with Gasteiger partial charge in [0.05, 0.1) is 14.2 Å². The third-order valence-corrected chi connectivity index (χ3v) is 5.26. The van der Waals surface area contributed by atoms with E-state index in [4.69, 9.17) is 9.47 Å². The first-order valence-corrected chi connectivity index (χ1v) is 8.58. The number of hydrogen-bond acceptors (Lipinski definition) is 6. The number of hydrogen-bond donors (Lipinski definition) is 1. The average Bonchev–Trinajstić information content (AvgIpc) is 2.83. The van der Waals surface area contributed by atoms with Crippen LogP contribution in [0.25, 0.3) is 0 Å². The lowest BCUT2D eigenvalue weighted by atomic mass is 9.73. The van der Waals surface area contributed by atoms with E-state index >= 15 is 0 Å². The number of carbonyl (C=O) groups excluding carboxylic acids is 2. The fourth-order valence-electron chi connectivity index (χ4n) is 3.61. The summed E-state index contributed by atoms with van der Waals surface area (Å²) in [6.07, 6.45) is 4.28. The molecule has 1 spiro atoms. The topological polar surface area (TPSA) is 93.7 Å². The van der Waals surface area contributed by atoms with Crippen LogP contribution in [0.5, 0.6) is 11.9 Å². The Morgan fingerprint density at radius 1 is 1.16 bits per heavy atom. The van der Waals surface area contributed by atoms with Crippen LogP contribution in [-0.4, -0.2) is 60.5 Å². The third kappa shape index (κ3) is 3.83. The van der Waals surface area contributed by atoms with Gasteiger partial charge in [-0.1, -0.05) is 0 Å². The van der Waals surface area contributed by atoms with Crippen LogP contribution in [0, 0.1) is 5.41 Å². The molecule has 136 valence electrons. The van der Waals surface area contributed by atoms with Crippen LogP contribution in [0.15, 0.2) is 6.07 Å². The first-order valence-electron chi connectivity index (χ1n) is 8.58. The average molecular weight is 348 g/mol. The standard InChI is InChI=1S/C17H24N4O4/c1-24-14-11-12(19-16(20-14)25-2)15(23)21-9-6-17(7-10-21)4-3-13(22)18-8-5-17/h11H,3-10H2,1-2H3,(H,18,22). The van der Waals surface area contributed by atoms with Gasteiger partial charge in [0.1, 0.15) is 5.69 Å². The molecule has 0 aromatic carbocycles. The molecule has 3 heterocycles. The number of piperidine rings is 1. The molecule has 1 aromatic heterocycles. The van der Waals surface area contributed by atoms with Gasteiger partial charge in [-0.2, -0.15) is 9.97 Å². The molecule has 0 saturated carbocycles. The van der Waals surface area contributed by atoms with Gasteiger partial charge in [0.15, 0.2) is 0 Å². The van der Waals surface area contributed by atoms with Gasteiger partial charge in [0.25, 0.3) is 5.91 Å². The zero-order chi connectivity index (χ0) is 17.9. The van der Waals surface area contributed by atoms with E-state index in [9.17, 15) is 9.59 Å². The lowest BCUT2D eigenvalue weighted by Crippen LogP contribution is -2.43. The Morgan fingerprint density at radius 2 is 1.92 bits per heavy atom. The van der Waals surface area contributed by atoms with Gasteiger partial charge in [-0.05, 0) is 31.1 Å². The molecule has 2 aliphatic heterocycles. The van der Waals surface area contributed by atoms with Crippen LogP contribution in [0.2, 0.25) is 0 Å². The van der Waals surface area contributed by atoms with E-state index in [0.29, 0.717) is 25.4 Å². The van der Waals surface area contributed by atoms with Crippen LogP contribution < -0.4 is 14.8 Å². The molecular formula is C17H24N4O4. The van der Waals surface area contributed by atoms with Crippen LogP contribution in [-0.2, 0) is 4.79 Å². The maximum atomic E-state index is 12.8. The molecule has 0 aliphatic carbocycles. The fraction of sp³-hybridized carbons (Fsp3) is 0.647. The van der Waals surface area contributed by atoms with E-state index in [1.165, 1.54) is 20.3 Å². The smallest absolute Gasteiger partial charge is 0.320 e. The quantitative estimate of drug-likeness (QED) is 0.876. The van der Waals surface area contributed by atoms with E-state index < -0.39 is 0 Å². The van der Waals surface area contributed by atoms with Gasteiger partial charge in [0, 0.05) is 32.1 Å². The van der Waals surface area contributed by atoms with Gasteiger partial charge in [-0.15, -0.1) is 0 Å². The van der Waals surface area contributed by atoms with Crippen LogP contribution in [0.4, 0.5) is 0 Å². The van der Waals surface area contributed by atoms with Crippen LogP contribution in [0.3, 0.4) is 0 Å². The van der Waals surface area contributed by atoms with E-state index in [2.05, 4.69) is 15.3 Å². The summed E-state index contributed by atoms with van der Waals surface area (Å²) in [4.78, 5) is 34.3. The number of ether oxygens (including phenoxy) is 2. The minimum absolute atomic E-state index is 0.115. The van der Waals surface area contributed by atoms with Crippen LogP contribution in [0.1, 0.15) is 42.6 Å². The van der Waals surface area contributed by atoms with Crippen molar-refractivity contribution in [1.29, 1.82) is 0 Å². The SMILES string of the molecule is COc1cc(C(=O)N2CCC3(CCNC(=O)CC3)CC2)nc(OC)n1. The number of nitrogens with zero attached hydrogens (tertiary/aromatic N) is 3. The van der Waals surface area contributed by atoms with Crippen molar-refractivity contribution in [1.82, 2.24) is 20.2 Å². The molecule has 2 amide bonds. The zero-order valence-electron chi connectivity index (χ0n) is 14.7. The number of likely N-dealkylation sites (tertiary alicyclic amines) is 1. The number of rotatable bonds is 3. The lowest BCUT2D eigenvalue weighted by molar-refractivity contribution is -0.121. The largest absolute Gasteiger partial charge is 0.481 e. The molecule has 1 aromatic rings. The van der Waals surface area contributed by atoms with Crippen molar-refractivity contribution in [3.05, 3.63) is 11.8 Å². The van der Waals surface area contributed by atoms with Gasteiger partial charge < -0.3 is 19.7 Å². The van der Waals surface area contributed by atoms with E-state index in [1.807, 2.05) is 4.90 Å². The highest BCUT2D eigenvalue weighted by molar-refractivity contribution is 5.92. The summed E-state index contributed by atoms with van der Waals surface area (Å²) in [6.45, 7) is 2.07.